The molecule has 2 heterocycles. The van der Waals surface area contributed by atoms with Crippen LogP contribution in [0, 0.1) is 12.8 Å². The lowest BCUT2D eigenvalue weighted by molar-refractivity contribution is 0.478. The molecule has 1 atom stereocenters. The van der Waals surface area contributed by atoms with Crippen LogP contribution in [0.4, 0.5) is 0 Å². The van der Waals surface area contributed by atoms with Gasteiger partial charge in [0.2, 0.25) is 0 Å². The van der Waals surface area contributed by atoms with E-state index in [0.29, 0.717) is 12.0 Å². The molecule has 5 heteroatoms. The van der Waals surface area contributed by atoms with E-state index in [1.807, 2.05) is 24.4 Å². The predicted molar refractivity (Wildman–Crippen MR) is 95.9 cm³/mol. The van der Waals surface area contributed by atoms with Crippen LogP contribution in [0.15, 0.2) is 35.8 Å². The average molecular weight is 344 g/mol. The topological polar surface area (TPSA) is 37.8 Å². The molecule has 0 unspecified atom stereocenters. The Morgan fingerprint density at radius 2 is 2.26 bits per heavy atom. The monoisotopic (exact) mass is 343 g/mol. The lowest BCUT2D eigenvalue weighted by Gasteiger charge is -2.17. The van der Waals surface area contributed by atoms with Crippen molar-refractivity contribution < 1.29 is 0 Å². The Morgan fingerprint density at radius 1 is 1.39 bits per heavy atom. The van der Waals surface area contributed by atoms with Gasteiger partial charge in [-0.2, -0.15) is 0 Å². The third-order valence-corrected chi connectivity index (χ3v) is 5.52. The molecule has 0 spiro atoms. The molecule has 2 aromatic heterocycles. The third kappa shape index (κ3) is 3.25. The van der Waals surface area contributed by atoms with Crippen molar-refractivity contribution >= 4 is 33.8 Å². The third-order valence-electron chi connectivity index (χ3n) is 4.26. The fourth-order valence-electron chi connectivity index (χ4n) is 2.98. The van der Waals surface area contributed by atoms with Gasteiger partial charge in [-0.1, -0.05) is 17.7 Å². The number of aryl methyl sites for hydroxylation is 1. The minimum absolute atomic E-state index is 0.339. The van der Waals surface area contributed by atoms with E-state index in [0.717, 1.165) is 33.7 Å². The minimum Gasteiger partial charge on any atom is -0.304 e. The van der Waals surface area contributed by atoms with Gasteiger partial charge in [0, 0.05) is 34.2 Å². The van der Waals surface area contributed by atoms with Gasteiger partial charge in [-0.05, 0) is 49.4 Å². The second-order valence-electron chi connectivity index (χ2n) is 6.16. The summed E-state index contributed by atoms with van der Waals surface area (Å²) in [6, 6.07) is 8.32. The first-order valence-electron chi connectivity index (χ1n) is 7.89. The van der Waals surface area contributed by atoms with Gasteiger partial charge in [0.05, 0.1) is 11.6 Å². The van der Waals surface area contributed by atoms with E-state index < -0.39 is 0 Å². The van der Waals surface area contributed by atoms with Crippen LogP contribution < -0.4 is 5.32 Å². The number of nitrogens with one attached hydrogen (secondary N) is 1. The summed E-state index contributed by atoms with van der Waals surface area (Å²) in [6.45, 7) is 2.81. The number of halogens is 1. The normalized spacial score (nSPS) is 15.9. The summed E-state index contributed by atoms with van der Waals surface area (Å²) in [4.78, 5) is 9.20. The molecule has 0 amide bonds. The van der Waals surface area contributed by atoms with Crippen LogP contribution in [0.5, 0.6) is 0 Å². The molecular formula is C18H18ClN3S. The fourth-order valence-corrected chi connectivity index (χ4v) is 4.19. The molecule has 1 fully saturated rings. The van der Waals surface area contributed by atoms with Crippen molar-refractivity contribution in [3.8, 4) is 0 Å². The highest BCUT2D eigenvalue weighted by atomic mass is 35.5. The summed E-state index contributed by atoms with van der Waals surface area (Å²) in [7, 11) is 0. The number of rotatable bonds is 5. The number of fused-ring (bicyclic) bond motifs is 1. The molecule has 1 saturated carbocycles. The highest BCUT2D eigenvalue weighted by molar-refractivity contribution is 7.09. The van der Waals surface area contributed by atoms with E-state index in [-0.39, 0.29) is 0 Å². The number of aromatic nitrogens is 2. The molecule has 0 bridgehead atoms. The predicted octanol–water partition coefficient (Wildman–Crippen LogP) is 4.89. The van der Waals surface area contributed by atoms with Crippen molar-refractivity contribution in [2.75, 3.05) is 0 Å². The molecule has 4 rings (SSSR count). The molecule has 3 aromatic rings. The standard InChI is InChI=1S/C18H18ClN3S/c1-11-10-23-18(22-11)17(12-4-5-12)21-9-14-8-15(19)7-13-3-2-6-20-16(13)14/h2-3,6-8,10,12,17,21H,4-5,9H2,1H3/t17-/m1/s1. The van der Waals surface area contributed by atoms with Crippen LogP contribution in [0.1, 0.15) is 35.1 Å². The summed E-state index contributed by atoms with van der Waals surface area (Å²) in [5.74, 6) is 0.707. The molecule has 0 aliphatic heterocycles. The number of pyridine rings is 1. The van der Waals surface area contributed by atoms with Crippen LogP contribution in [0.2, 0.25) is 5.02 Å². The molecule has 1 aliphatic carbocycles. The Hall–Kier alpha value is -1.49. The minimum atomic E-state index is 0.339. The summed E-state index contributed by atoms with van der Waals surface area (Å²) < 4.78 is 0. The quantitative estimate of drug-likeness (QED) is 0.716. The number of benzene rings is 1. The lowest BCUT2D eigenvalue weighted by atomic mass is 10.1. The first kappa shape index (κ1) is 15.1. The Balaban J connectivity index is 1.60. The van der Waals surface area contributed by atoms with E-state index in [2.05, 4.69) is 33.7 Å². The largest absolute Gasteiger partial charge is 0.304 e. The van der Waals surface area contributed by atoms with Crippen molar-refractivity contribution in [1.82, 2.24) is 15.3 Å². The van der Waals surface area contributed by atoms with Crippen molar-refractivity contribution in [3.05, 3.63) is 57.1 Å². The highest BCUT2D eigenvalue weighted by Gasteiger charge is 2.33. The Morgan fingerprint density at radius 3 is 3.00 bits per heavy atom. The summed E-state index contributed by atoms with van der Waals surface area (Å²) in [5.41, 5.74) is 3.27. The molecule has 118 valence electrons. The Bertz CT molecular complexity index is 841. The van der Waals surface area contributed by atoms with Crippen LogP contribution in [-0.2, 0) is 6.54 Å². The molecule has 1 aromatic carbocycles. The summed E-state index contributed by atoms with van der Waals surface area (Å²) in [6.07, 6.45) is 4.40. The summed E-state index contributed by atoms with van der Waals surface area (Å²) in [5, 5.41) is 8.87. The molecule has 1 aliphatic rings. The molecular weight excluding hydrogens is 326 g/mol. The molecule has 1 N–H and O–H groups in total. The van der Waals surface area contributed by atoms with E-state index in [9.17, 15) is 0 Å². The number of hydrogen-bond acceptors (Lipinski definition) is 4. The van der Waals surface area contributed by atoms with Crippen molar-refractivity contribution in [2.24, 2.45) is 5.92 Å². The van der Waals surface area contributed by atoms with Crippen molar-refractivity contribution in [2.45, 2.75) is 32.4 Å². The zero-order valence-corrected chi connectivity index (χ0v) is 14.5. The van der Waals surface area contributed by atoms with Gasteiger partial charge in [-0.15, -0.1) is 11.3 Å². The van der Waals surface area contributed by atoms with Gasteiger partial charge < -0.3 is 5.32 Å². The van der Waals surface area contributed by atoms with E-state index >= 15 is 0 Å². The molecule has 0 saturated heterocycles. The lowest BCUT2D eigenvalue weighted by Crippen LogP contribution is -2.22. The van der Waals surface area contributed by atoms with E-state index in [1.54, 1.807) is 11.3 Å². The zero-order valence-electron chi connectivity index (χ0n) is 12.9. The molecule has 3 nitrogen and oxygen atoms in total. The number of hydrogen-bond donors (Lipinski definition) is 1. The first-order chi connectivity index (χ1) is 11.2. The number of nitrogens with zero attached hydrogens (tertiary/aromatic N) is 2. The first-order valence-corrected chi connectivity index (χ1v) is 9.15. The number of thiazole rings is 1. The van der Waals surface area contributed by atoms with Gasteiger partial charge in [0.25, 0.3) is 0 Å². The van der Waals surface area contributed by atoms with Gasteiger partial charge in [-0.3, -0.25) is 4.98 Å². The molecule has 23 heavy (non-hydrogen) atoms. The average Bonchev–Trinajstić information content (AvgIpc) is 3.29. The van der Waals surface area contributed by atoms with E-state index in [4.69, 9.17) is 11.6 Å². The fraction of sp³-hybridized carbons (Fsp3) is 0.333. The maximum Gasteiger partial charge on any atom is 0.110 e. The SMILES string of the molecule is Cc1csc([C@H](NCc2cc(Cl)cc3cccnc23)C2CC2)n1. The van der Waals surface area contributed by atoms with Gasteiger partial charge in [0.15, 0.2) is 0 Å². The summed E-state index contributed by atoms with van der Waals surface area (Å²) >= 11 is 8.02. The maximum absolute atomic E-state index is 6.27. The van der Waals surface area contributed by atoms with Crippen LogP contribution in [0.3, 0.4) is 0 Å². The van der Waals surface area contributed by atoms with Crippen molar-refractivity contribution in [3.63, 3.8) is 0 Å². The molecule has 0 radical (unpaired) electrons. The second kappa shape index (κ2) is 6.19. The van der Waals surface area contributed by atoms with E-state index in [1.165, 1.54) is 17.8 Å². The Labute approximate surface area is 144 Å². The second-order valence-corrected chi connectivity index (χ2v) is 7.49. The van der Waals surface area contributed by atoms with Crippen LogP contribution in [-0.4, -0.2) is 9.97 Å². The smallest absolute Gasteiger partial charge is 0.110 e. The maximum atomic E-state index is 6.27. The van der Waals surface area contributed by atoms with Crippen LogP contribution >= 0.6 is 22.9 Å². The Kier molecular flexibility index (Phi) is 4.05. The highest BCUT2D eigenvalue weighted by Crippen LogP contribution is 2.42. The van der Waals surface area contributed by atoms with Crippen LogP contribution in [0.25, 0.3) is 10.9 Å². The van der Waals surface area contributed by atoms with Gasteiger partial charge >= 0.3 is 0 Å². The van der Waals surface area contributed by atoms with Gasteiger partial charge in [0.1, 0.15) is 5.01 Å². The zero-order chi connectivity index (χ0) is 15.8. The van der Waals surface area contributed by atoms with Crippen molar-refractivity contribution in [1.29, 1.82) is 0 Å². The van der Waals surface area contributed by atoms with Gasteiger partial charge in [-0.25, -0.2) is 4.98 Å².